The fraction of sp³-hybridized carbons (Fsp3) is 0.938. The molecule has 0 aromatic carbocycles. The molecule has 0 rings (SSSR count). The summed E-state index contributed by atoms with van der Waals surface area (Å²) in [5.74, 6) is 0. The van der Waals surface area contributed by atoms with Gasteiger partial charge in [-0.15, -0.1) is 0 Å². The molecular weight excluding hydrogens is 426 g/mol. The van der Waals surface area contributed by atoms with Crippen molar-refractivity contribution in [1.82, 2.24) is 0 Å². The van der Waals surface area contributed by atoms with Crippen LogP contribution < -0.4 is 0 Å². The van der Waals surface area contributed by atoms with Gasteiger partial charge in [0.1, 0.15) is 0 Å². The van der Waals surface area contributed by atoms with Gasteiger partial charge in [-0.2, -0.15) is 0 Å². The van der Waals surface area contributed by atoms with E-state index in [0.717, 1.165) is 0 Å². The summed E-state index contributed by atoms with van der Waals surface area (Å²) in [7, 11) is -4.25. The maximum atomic E-state index is 2.86. The van der Waals surface area contributed by atoms with Gasteiger partial charge in [-0.3, -0.25) is 0 Å². The molecule has 0 bridgehead atoms. The summed E-state index contributed by atoms with van der Waals surface area (Å²) in [6.07, 6.45) is 0. The molecule has 0 aromatic heterocycles. The van der Waals surface area contributed by atoms with Crippen LogP contribution in [0.25, 0.3) is 0 Å². The Morgan fingerprint density at radius 2 is 0.810 bits per heavy atom. The van der Waals surface area contributed by atoms with E-state index in [1.165, 1.54) is 0 Å². The summed E-state index contributed by atoms with van der Waals surface area (Å²) in [6, 6.07) is 0. The van der Waals surface area contributed by atoms with Crippen molar-refractivity contribution >= 4 is 53.3 Å². The second-order valence-corrected chi connectivity index (χ2v) is 50.2. The van der Waals surface area contributed by atoms with E-state index in [9.17, 15) is 0 Å². The van der Waals surface area contributed by atoms with E-state index in [2.05, 4.69) is 86.1 Å². The predicted octanol–water partition coefficient (Wildman–Crippen LogP) is 6.33. The van der Waals surface area contributed by atoms with Gasteiger partial charge in [-0.05, 0) is 0 Å². The van der Waals surface area contributed by atoms with Gasteiger partial charge < -0.3 is 0 Å². The van der Waals surface area contributed by atoms with E-state index in [-0.39, 0.29) is 0 Å². The molecule has 0 saturated heterocycles. The number of hydrogen-bond acceptors (Lipinski definition) is 0. The standard InChI is InChI=1S/C7H18Si2.2C4H11Si.CH3.Sb/c1-8(2,3)7-9(4,5)6;2*1-5(2,3)4;;/h1-6H3;2*1H2,2-4H3;1H3;. The molecule has 0 spiro atoms. The van der Waals surface area contributed by atoms with Crippen molar-refractivity contribution in [2.75, 3.05) is 0 Å². The van der Waals surface area contributed by atoms with E-state index < -0.39 is 50.6 Å². The van der Waals surface area contributed by atoms with Crippen LogP contribution in [0.15, 0.2) is 0 Å². The van der Waals surface area contributed by atoms with Crippen LogP contribution in [0.1, 0.15) is 0 Å². The Morgan fingerprint density at radius 1 is 0.571 bits per heavy atom. The second kappa shape index (κ2) is 6.82. The topological polar surface area (TPSA) is 0 Å². The first-order chi connectivity index (χ1) is 8.78. The van der Waals surface area contributed by atoms with Crippen molar-refractivity contribution in [1.29, 1.82) is 0 Å². The zero-order valence-corrected chi connectivity index (χ0v) is 23.9. The van der Waals surface area contributed by atoms with Gasteiger partial charge in [0.05, 0.1) is 0 Å². The van der Waals surface area contributed by atoms with Gasteiger partial charge >= 0.3 is 145 Å². The van der Waals surface area contributed by atoms with Gasteiger partial charge in [-0.25, -0.2) is 0 Å². The normalized spacial score (nSPS) is 15.3. The molecule has 0 unspecified atom stereocenters. The first kappa shape index (κ1) is 22.6. The molecular formula is C16H43SbSi4. The first-order valence-corrected chi connectivity index (χ1v) is 30.4. The van der Waals surface area contributed by atoms with E-state index in [4.69, 9.17) is 0 Å². The van der Waals surface area contributed by atoms with Crippen LogP contribution in [0.4, 0.5) is 0 Å². The molecule has 0 aliphatic heterocycles. The Kier molecular flexibility index (Phi) is 7.32. The van der Waals surface area contributed by atoms with E-state index in [1.807, 2.05) is 0 Å². The fourth-order valence-corrected chi connectivity index (χ4v) is 97.8. The predicted molar refractivity (Wildman–Crippen MR) is 120 cm³/mol. The third-order valence-corrected chi connectivity index (χ3v) is 64.3. The Balaban J connectivity index is 6.47. The van der Waals surface area contributed by atoms with E-state index in [1.54, 1.807) is 7.98 Å². The van der Waals surface area contributed by atoms with Crippen LogP contribution in [0, 0.1) is 0 Å². The molecule has 128 valence electrons. The van der Waals surface area contributed by atoms with Gasteiger partial charge in [0.15, 0.2) is 0 Å². The molecule has 0 aliphatic rings. The Bertz CT molecular complexity index is 376. The van der Waals surface area contributed by atoms with Crippen LogP contribution in [0.5, 0.6) is 0 Å². The van der Waals surface area contributed by atoms with E-state index in [0.29, 0.717) is 0 Å². The van der Waals surface area contributed by atoms with Crippen molar-refractivity contribution in [2.45, 2.75) is 91.4 Å². The molecule has 0 aliphatic carbocycles. The van der Waals surface area contributed by atoms with Crippen molar-refractivity contribution in [2.24, 2.45) is 0 Å². The second-order valence-electron chi connectivity index (χ2n) is 11.7. The monoisotopic (exact) mass is 468 g/mol. The molecule has 0 fully saturated rings. The van der Waals surface area contributed by atoms with Crippen molar-refractivity contribution in [3.63, 3.8) is 0 Å². The summed E-state index contributed by atoms with van der Waals surface area (Å²) in [5, 5.41) is 0. The summed E-state index contributed by atoms with van der Waals surface area (Å²) in [6.45, 7) is 31.7. The van der Waals surface area contributed by atoms with Crippen molar-refractivity contribution in [3.8, 4) is 0 Å². The molecule has 0 nitrogen and oxygen atoms in total. The van der Waals surface area contributed by atoms with Gasteiger partial charge in [0.2, 0.25) is 0 Å². The third kappa shape index (κ3) is 8.28. The number of hydrogen-bond donors (Lipinski definition) is 0. The Labute approximate surface area is 144 Å². The molecule has 0 radical (unpaired) electrons. The number of rotatable bonds is 6. The summed E-state index contributed by atoms with van der Waals surface area (Å²) < 4.78 is 5.66. The van der Waals surface area contributed by atoms with Crippen molar-refractivity contribution in [3.05, 3.63) is 0 Å². The Morgan fingerprint density at radius 3 is 0.952 bits per heavy atom. The molecule has 0 saturated carbocycles. The Hall–Kier alpha value is 1.56. The summed E-state index contributed by atoms with van der Waals surface area (Å²) in [5.41, 5.74) is 0. The molecule has 21 heavy (non-hydrogen) atoms. The van der Waals surface area contributed by atoms with Crippen molar-refractivity contribution < 1.29 is 0 Å². The fourth-order valence-electron chi connectivity index (χ4n) is 5.05. The minimum absolute atomic E-state index is 0.978. The van der Waals surface area contributed by atoms with Crippen LogP contribution >= 0.6 is 0 Å². The zero-order valence-electron chi connectivity index (χ0n) is 17.4. The molecule has 5 heteroatoms. The average Bonchev–Trinajstić information content (AvgIpc) is 1.83. The average molecular weight is 470 g/mol. The molecule has 0 amide bonds. The van der Waals surface area contributed by atoms with E-state index >= 15 is 0 Å². The van der Waals surface area contributed by atoms with Crippen LogP contribution in [-0.4, -0.2) is 53.3 Å². The molecule has 0 N–H and O–H groups in total. The molecule has 0 aromatic rings. The van der Waals surface area contributed by atoms with Crippen LogP contribution in [-0.2, 0) is 0 Å². The quantitative estimate of drug-likeness (QED) is 0.399. The third-order valence-electron chi connectivity index (χ3n) is 3.61. The van der Waals surface area contributed by atoms with Gasteiger partial charge in [0, 0.05) is 0 Å². The zero-order chi connectivity index (χ0) is 17.5. The summed E-state index contributed by atoms with van der Waals surface area (Å²) >= 11 is -2.04. The molecule has 0 heterocycles. The van der Waals surface area contributed by atoms with Gasteiger partial charge in [0.25, 0.3) is 0 Å². The first-order valence-electron chi connectivity index (χ1n) is 8.51. The maximum absolute atomic E-state index is 2.86. The summed E-state index contributed by atoms with van der Waals surface area (Å²) in [4.78, 5) is 2.86. The minimum atomic E-state index is -2.04. The van der Waals surface area contributed by atoms with Crippen LogP contribution in [0.3, 0.4) is 0 Å². The molecule has 0 atom stereocenters. The van der Waals surface area contributed by atoms with Crippen LogP contribution in [0.2, 0.25) is 91.4 Å². The SMILES string of the molecule is C[Si](C)(C)[CH2][Sb]([CH3])([CH2][Si](C)(C)C)=[C]([Si](C)(C)C)[Si](C)(C)C. The van der Waals surface area contributed by atoms with Gasteiger partial charge in [-0.1, -0.05) is 0 Å².